The molecule has 0 aliphatic carbocycles. The minimum atomic E-state index is -0.903. The zero-order valence-corrected chi connectivity index (χ0v) is 17.3. The minimum absolute atomic E-state index is 0.0671. The fourth-order valence-electron chi connectivity index (χ4n) is 3.22. The molecule has 0 radical (unpaired) electrons. The van der Waals surface area contributed by atoms with Crippen LogP contribution in [0.4, 0.5) is 0 Å². The van der Waals surface area contributed by atoms with E-state index in [1.54, 1.807) is 29.7 Å². The molecule has 0 atom stereocenters. The van der Waals surface area contributed by atoms with Crippen LogP contribution in [0.5, 0.6) is 0 Å². The number of hydrogen-bond acceptors (Lipinski definition) is 5. The maximum atomic E-state index is 12.3. The highest BCUT2D eigenvalue weighted by Gasteiger charge is 2.15. The second kappa shape index (κ2) is 9.26. The summed E-state index contributed by atoms with van der Waals surface area (Å²) in [6.07, 6.45) is 6.55. The number of benzene rings is 1. The minimum Gasteiger partial charge on any atom is -0.481 e. The SMILES string of the molecule is CC(=O)N(Cc1cnc(C)cn1)Cc1cc(C)ccc1-c1cncc(CC(=O)O)c1. The normalized spacial score (nSPS) is 10.6. The molecule has 7 nitrogen and oxygen atoms in total. The van der Waals surface area contributed by atoms with Crippen molar-refractivity contribution in [2.24, 2.45) is 0 Å². The van der Waals surface area contributed by atoms with E-state index in [-0.39, 0.29) is 12.3 Å². The van der Waals surface area contributed by atoms with Crippen LogP contribution in [0.25, 0.3) is 11.1 Å². The highest BCUT2D eigenvalue weighted by atomic mass is 16.4. The van der Waals surface area contributed by atoms with Gasteiger partial charge in [-0.3, -0.25) is 24.5 Å². The Bertz CT molecular complexity index is 1060. The number of carbonyl (C=O) groups excluding carboxylic acids is 1. The lowest BCUT2D eigenvalue weighted by Crippen LogP contribution is -2.28. The Kier molecular flexibility index (Phi) is 6.51. The van der Waals surface area contributed by atoms with Crippen molar-refractivity contribution in [1.82, 2.24) is 19.9 Å². The number of pyridine rings is 1. The average Bonchev–Trinajstić information content (AvgIpc) is 2.69. The lowest BCUT2D eigenvalue weighted by molar-refractivity contribution is -0.136. The molecule has 30 heavy (non-hydrogen) atoms. The molecule has 2 heterocycles. The van der Waals surface area contributed by atoms with Crippen LogP contribution in [0.15, 0.2) is 49.1 Å². The van der Waals surface area contributed by atoms with Gasteiger partial charge in [0.1, 0.15) is 0 Å². The van der Waals surface area contributed by atoms with Gasteiger partial charge in [0.15, 0.2) is 0 Å². The van der Waals surface area contributed by atoms with Crippen molar-refractivity contribution in [1.29, 1.82) is 0 Å². The zero-order chi connectivity index (χ0) is 21.7. The summed E-state index contributed by atoms with van der Waals surface area (Å²) in [4.78, 5) is 37.9. The Balaban J connectivity index is 1.93. The molecule has 0 bridgehead atoms. The average molecular weight is 404 g/mol. The first-order valence-corrected chi connectivity index (χ1v) is 9.60. The Hall–Kier alpha value is -3.61. The molecule has 0 aliphatic heterocycles. The van der Waals surface area contributed by atoms with E-state index in [4.69, 9.17) is 5.11 Å². The van der Waals surface area contributed by atoms with E-state index in [2.05, 4.69) is 15.0 Å². The Morgan fingerprint density at radius 2 is 1.80 bits per heavy atom. The standard InChI is InChI=1S/C23H24N4O3/c1-15-4-5-22(19-7-18(8-23(29)30)10-24-11-19)20(6-15)13-27(17(3)28)14-21-12-25-16(2)9-26-21/h4-7,9-12H,8,13-14H2,1-3H3,(H,29,30). The summed E-state index contributed by atoms with van der Waals surface area (Å²) < 4.78 is 0. The van der Waals surface area contributed by atoms with Gasteiger partial charge in [-0.1, -0.05) is 23.8 Å². The number of nitrogens with zero attached hydrogens (tertiary/aromatic N) is 4. The quantitative estimate of drug-likeness (QED) is 0.649. The van der Waals surface area contributed by atoms with Crippen LogP contribution in [-0.4, -0.2) is 36.8 Å². The van der Waals surface area contributed by atoms with Gasteiger partial charge in [-0.05, 0) is 36.6 Å². The fraction of sp³-hybridized carbons (Fsp3) is 0.261. The van der Waals surface area contributed by atoms with Crippen molar-refractivity contribution < 1.29 is 14.7 Å². The number of aryl methyl sites for hydroxylation is 2. The number of carboxylic acid groups (broad SMARTS) is 1. The number of amides is 1. The fourth-order valence-corrected chi connectivity index (χ4v) is 3.22. The number of aromatic nitrogens is 3. The van der Waals surface area contributed by atoms with E-state index < -0.39 is 5.97 Å². The molecule has 1 amide bonds. The Morgan fingerprint density at radius 3 is 2.47 bits per heavy atom. The van der Waals surface area contributed by atoms with Gasteiger partial charge in [-0.25, -0.2) is 0 Å². The smallest absolute Gasteiger partial charge is 0.307 e. The van der Waals surface area contributed by atoms with Gasteiger partial charge in [-0.15, -0.1) is 0 Å². The monoisotopic (exact) mass is 404 g/mol. The summed E-state index contributed by atoms with van der Waals surface area (Å²) in [5, 5.41) is 9.07. The summed E-state index contributed by atoms with van der Waals surface area (Å²) in [7, 11) is 0. The molecule has 0 spiro atoms. The van der Waals surface area contributed by atoms with E-state index >= 15 is 0 Å². The predicted octanol–water partition coefficient (Wildman–Crippen LogP) is 3.33. The summed E-state index contributed by atoms with van der Waals surface area (Å²) in [6, 6.07) is 7.84. The predicted molar refractivity (Wildman–Crippen MR) is 112 cm³/mol. The highest BCUT2D eigenvalue weighted by molar-refractivity contribution is 5.75. The van der Waals surface area contributed by atoms with Crippen LogP contribution in [-0.2, 0) is 29.1 Å². The summed E-state index contributed by atoms with van der Waals surface area (Å²) in [5.74, 6) is -0.970. The number of carbonyl (C=O) groups is 2. The van der Waals surface area contributed by atoms with Crippen LogP contribution in [0.1, 0.15) is 35.0 Å². The summed E-state index contributed by atoms with van der Waals surface area (Å²) >= 11 is 0. The van der Waals surface area contributed by atoms with Crippen molar-refractivity contribution in [3.63, 3.8) is 0 Å². The molecule has 7 heteroatoms. The first-order chi connectivity index (χ1) is 14.3. The van der Waals surface area contributed by atoms with Crippen molar-refractivity contribution in [3.8, 4) is 11.1 Å². The number of hydrogen-bond donors (Lipinski definition) is 1. The lowest BCUT2D eigenvalue weighted by Gasteiger charge is -2.23. The van der Waals surface area contributed by atoms with Gasteiger partial charge in [0.2, 0.25) is 5.91 Å². The van der Waals surface area contributed by atoms with Gasteiger partial charge in [0.05, 0.1) is 30.6 Å². The molecule has 0 unspecified atom stereocenters. The molecule has 1 aromatic carbocycles. The largest absolute Gasteiger partial charge is 0.481 e. The molecule has 3 rings (SSSR count). The van der Waals surface area contributed by atoms with Crippen molar-refractivity contribution in [3.05, 3.63) is 77.1 Å². The highest BCUT2D eigenvalue weighted by Crippen LogP contribution is 2.27. The third-order valence-corrected chi connectivity index (χ3v) is 4.72. The first-order valence-electron chi connectivity index (χ1n) is 9.60. The summed E-state index contributed by atoms with van der Waals surface area (Å²) in [6.45, 7) is 6.14. The van der Waals surface area contributed by atoms with Gasteiger partial charge < -0.3 is 10.0 Å². The molecular weight excluding hydrogens is 380 g/mol. The first kappa shape index (κ1) is 21.1. The second-order valence-corrected chi connectivity index (χ2v) is 7.34. The van der Waals surface area contributed by atoms with Crippen LogP contribution in [0, 0.1) is 13.8 Å². The van der Waals surface area contributed by atoms with Crippen molar-refractivity contribution >= 4 is 11.9 Å². The van der Waals surface area contributed by atoms with Gasteiger partial charge in [0, 0.05) is 37.6 Å². The van der Waals surface area contributed by atoms with Crippen LogP contribution in [0.2, 0.25) is 0 Å². The molecule has 3 aromatic rings. The maximum Gasteiger partial charge on any atom is 0.307 e. The number of aliphatic carboxylic acids is 1. The topological polar surface area (TPSA) is 96.3 Å². The molecule has 0 aliphatic rings. The van der Waals surface area contributed by atoms with Gasteiger partial charge in [0.25, 0.3) is 0 Å². The van der Waals surface area contributed by atoms with E-state index in [1.807, 2.05) is 38.1 Å². The zero-order valence-electron chi connectivity index (χ0n) is 17.3. The van der Waals surface area contributed by atoms with Crippen LogP contribution < -0.4 is 0 Å². The van der Waals surface area contributed by atoms with Gasteiger partial charge >= 0.3 is 5.97 Å². The van der Waals surface area contributed by atoms with Crippen molar-refractivity contribution in [2.75, 3.05) is 0 Å². The lowest BCUT2D eigenvalue weighted by atomic mass is 9.97. The molecule has 154 valence electrons. The number of rotatable bonds is 7. The van der Waals surface area contributed by atoms with E-state index in [0.717, 1.165) is 33.6 Å². The van der Waals surface area contributed by atoms with E-state index in [0.29, 0.717) is 18.7 Å². The van der Waals surface area contributed by atoms with Crippen LogP contribution in [0.3, 0.4) is 0 Å². The third kappa shape index (κ3) is 5.47. The van der Waals surface area contributed by atoms with E-state index in [1.165, 1.54) is 6.92 Å². The molecule has 0 saturated heterocycles. The number of carboxylic acids is 1. The van der Waals surface area contributed by atoms with E-state index in [9.17, 15) is 9.59 Å². The molecule has 1 N–H and O–H groups in total. The molecule has 2 aromatic heterocycles. The second-order valence-electron chi connectivity index (χ2n) is 7.34. The van der Waals surface area contributed by atoms with Crippen LogP contribution >= 0.6 is 0 Å². The molecule has 0 saturated carbocycles. The molecule has 0 fully saturated rings. The van der Waals surface area contributed by atoms with Gasteiger partial charge in [-0.2, -0.15) is 0 Å². The Labute approximate surface area is 175 Å². The maximum absolute atomic E-state index is 12.3. The third-order valence-electron chi connectivity index (χ3n) is 4.72. The Morgan fingerprint density at radius 1 is 1.00 bits per heavy atom. The summed E-state index contributed by atoms with van der Waals surface area (Å²) in [5.41, 5.74) is 5.94. The molecular formula is C23H24N4O3. The van der Waals surface area contributed by atoms with Crippen molar-refractivity contribution in [2.45, 2.75) is 40.3 Å².